The molecule has 0 bridgehead atoms. The lowest BCUT2D eigenvalue weighted by atomic mass is 9.98. The summed E-state index contributed by atoms with van der Waals surface area (Å²) < 4.78 is 0. The Morgan fingerprint density at radius 1 is 0.712 bits per heavy atom. The van der Waals surface area contributed by atoms with Gasteiger partial charge in [0.15, 0.2) is 0 Å². The van der Waals surface area contributed by atoms with Crippen molar-refractivity contribution >= 4 is 41.4 Å². The molecule has 18 heteroatoms. The van der Waals surface area contributed by atoms with Crippen LogP contribution in [0.4, 0.5) is 0 Å². The van der Waals surface area contributed by atoms with Gasteiger partial charge in [0.05, 0.1) is 19.2 Å². The number of amides is 6. The molecule has 0 spiro atoms. The van der Waals surface area contributed by atoms with E-state index in [9.17, 15) is 48.9 Å². The van der Waals surface area contributed by atoms with Crippen LogP contribution in [0, 0.1) is 11.8 Å². The molecule has 0 aliphatic heterocycles. The first-order chi connectivity index (χ1) is 24.4. The number of aliphatic carboxylic acids is 1. The number of nitrogens with one attached hydrogen (secondary N) is 6. The van der Waals surface area contributed by atoms with Gasteiger partial charge in [-0.1, -0.05) is 46.2 Å². The molecule has 7 atom stereocenters. The third-order valence-electron chi connectivity index (χ3n) is 8.32. The Morgan fingerprint density at radius 3 is 1.83 bits per heavy atom. The summed E-state index contributed by atoms with van der Waals surface area (Å²) in [4.78, 5) is 89.7. The van der Waals surface area contributed by atoms with Gasteiger partial charge >= 0.3 is 5.97 Å². The number of carboxylic acids is 1. The molecule has 0 heterocycles. The molecular formula is C34H56N8O10. The third kappa shape index (κ3) is 15.6. The molecule has 13 N–H and O–H groups in total. The summed E-state index contributed by atoms with van der Waals surface area (Å²) in [6.07, 6.45) is 0.0179. The SMILES string of the molecule is CC[C@H](C)[C@H](NC(=O)[C@H](CCCCN)NC(=O)CNC(=O)[C@H](Cc1ccc(O)cc1)NC(=O)[C@@H](NC(=O)[C@@H](NC(=O)CN)C(C)C)[C@@H](C)O)C(=O)O. The van der Waals surface area contributed by atoms with Gasteiger partial charge in [0.2, 0.25) is 35.4 Å². The van der Waals surface area contributed by atoms with Gasteiger partial charge in [-0.15, -0.1) is 0 Å². The number of carboxylic acid groups (broad SMARTS) is 1. The first-order valence-electron chi connectivity index (χ1n) is 17.3. The number of aliphatic hydroxyl groups excluding tert-OH is 1. The maximum Gasteiger partial charge on any atom is 0.326 e. The first-order valence-corrected chi connectivity index (χ1v) is 17.3. The van der Waals surface area contributed by atoms with Crippen molar-refractivity contribution in [3.05, 3.63) is 29.8 Å². The summed E-state index contributed by atoms with van der Waals surface area (Å²) in [5.74, 6) is -6.76. The van der Waals surface area contributed by atoms with Crippen molar-refractivity contribution in [2.45, 2.75) is 103 Å². The Balaban J connectivity index is 3.18. The lowest BCUT2D eigenvalue weighted by Crippen LogP contribution is -2.61. The minimum atomic E-state index is -1.57. The minimum Gasteiger partial charge on any atom is -0.508 e. The highest BCUT2D eigenvalue weighted by atomic mass is 16.4. The standard InChI is InChI=1S/C34H56N8O10/c1-6-19(4)28(34(51)52)41-31(48)23(9-7-8-14-35)38-26(46)17-37-30(47)24(15-21-10-12-22(44)13-11-21)39-33(50)29(20(5)43)42-32(49)27(18(2)3)40-25(45)16-36/h10-13,18-20,23-24,27-29,43-44H,6-9,14-17,35-36H2,1-5H3,(H,37,47)(H,38,46)(H,39,50)(H,40,45)(H,41,48)(H,42,49)(H,51,52)/t19-,20+,23-,24-,27-,28-,29-/m0/s1. The van der Waals surface area contributed by atoms with Crippen LogP contribution < -0.4 is 43.4 Å². The zero-order chi connectivity index (χ0) is 39.5. The molecule has 0 radical (unpaired) electrons. The van der Waals surface area contributed by atoms with E-state index in [2.05, 4.69) is 31.9 Å². The highest BCUT2D eigenvalue weighted by Crippen LogP contribution is 2.13. The molecule has 0 unspecified atom stereocenters. The van der Waals surface area contributed by atoms with E-state index in [1.165, 1.54) is 31.2 Å². The molecule has 0 fully saturated rings. The summed E-state index contributed by atoms with van der Waals surface area (Å²) in [5.41, 5.74) is 11.4. The van der Waals surface area contributed by atoms with Crippen LogP contribution in [0.25, 0.3) is 0 Å². The highest BCUT2D eigenvalue weighted by Gasteiger charge is 2.34. The van der Waals surface area contributed by atoms with E-state index in [4.69, 9.17) is 11.5 Å². The molecule has 52 heavy (non-hydrogen) atoms. The van der Waals surface area contributed by atoms with E-state index in [0.29, 0.717) is 31.4 Å². The number of aliphatic hydroxyl groups is 1. The third-order valence-corrected chi connectivity index (χ3v) is 8.32. The predicted molar refractivity (Wildman–Crippen MR) is 190 cm³/mol. The normalized spacial score (nSPS) is 15.1. The number of aromatic hydroxyl groups is 1. The fraction of sp³-hybridized carbons (Fsp3) is 0.618. The van der Waals surface area contributed by atoms with Crippen LogP contribution in [0.15, 0.2) is 24.3 Å². The topological polar surface area (TPSA) is 304 Å². The van der Waals surface area contributed by atoms with Crippen LogP contribution in [0.3, 0.4) is 0 Å². The first kappa shape index (κ1) is 45.2. The summed E-state index contributed by atoms with van der Waals surface area (Å²) in [6.45, 7) is 7.32. The summed E-state index contributed by atoms with van der Waals surface area (Å²) in [7, 11) is 0. The largest absolute Gasteiger partial charge is 0.508 e. The van der Waals surface area contributed by atoms with Gasteiger partial charge < -0.3 is 58.7 Å². The molecule has 0 saturated carbocycles. The number of carbonyl (C=O) groups excluding carboxylic acids is 6. The lowest BCUT2D eigenvalue weighted by molar-refractivity contribution is -0.143. The second-order valence-electron chi connectivity index (χ2n) is 13.0. The maximum atomic E-state index is 13.5. The molecule has 0 aliphatic rings. The van der Waals surface area contributed by atoms with E-state index >= 15 is 0 Å². The Labute approximate surface area is 303 Å². The number of hydrogen-bond donors (Lipinski definition) is 11. The second kappa shape index (κ2) is 22.9. The number of rotatable bonds is 23. The van der Waals surface area contributed by atoms with E-state index < -0.39 is 96.1 Å². The van der Waals surface area contributed by atoms with E-state index in [1.54, 1.807) is 27.7 Å². The number of phenolic OH excluding ortho intramolecular Hbond substituents is 1. The average molecular weight is 737 g/mol. The summed E-state index contributed by atoms with van der Waals surface area (Å²) >= 11 is 0. The molecule has 1 aromatic rings. The smallest absolute Gasteiger partial charge is 0.326 e. The van der Waals surface area contributed by atoms with Crippen molar-refractivity contribution in [1.82, 2.24) is 31.9 Å². The molecule has 1 aromatic carbocycles. The van der Waals surface area contributed by atoms with Crippen LogP contribution in [-0.2, 0) is 40.0 Å². The number of hydrogen-bond acceptors (Lipinski definition) is 11. The predicted octanol–water partition coefficient (Wildman–Crippen LogP) is -2.27. The van der Waals surface area contributed by atoms with Gasteiger partial charge in [-0.2, -0.15) is 0 Å². The van der Waals surface area contributed by atoms with Gasteiger partial charge in [-0.25, -0.2) is 4.79 Å². The molecule has 6 amide bonds. The Morgan fingerprint density at radius 2 is 1.31 bits per heavy atom. The number of benzene rings is 1. The van der Waals surface area contributed by atoms with Crippen LogP contribution >= 0.6 is 0 Å². The molecular weight excluding hydrogens is 680 g/mol. The van der Waals surface area contributed by atoms with Crippen LogP contribution in [0.1, 0.15) is 65.9 Å². The van der Waals surface area contributed by atoms with Crippen molar-refractivity contribution in [3.63, 3.8) is 0 Å². The Hall–Kier alpha value is -4.81. The second-order valence-corrected chi connectivity index (χ2v) is 13.0. The number of unbranched alkanes of at least 4 members (excludes halogenated alkanes) is 1. The van der Waals surface area contributed by atoms with Crippen molar-refractivity contribution in [1.29, 1.82) is 0 Å². The molecule has 0 aliphatic carbocycles. The van der Waals surface area contributed by atoms with Gasteiger partial charge in [-0.05, 0) is 62.3 Å². The van der Waals surface area contributed by atoms with Crippen LogP contribution in [-0.4, -0.2) is 113 Å². The lowest BCUT2D eigenvalue weighted by Gasteiger charge is -2.28. The molecule has 1 rings (SSSR count). The zero-order valence-corrected chi connectivity index (χ0v) is 30.4. The monoisotopic (exact) mass is 736 g/mol. The Kier molecular flexibility index (Phi) is 19.9. The molecule has 18 nitrogen and oxygen atoms in total. The van der Waals surface area contributed by atoms with Gasteiger partial charge in [-0.3, -0.25) is 28.8 Å². The van der Waals surface area contributed by atoms with E-state index in [1.807, 2.05) is 0 Å². The fourth-order valence-corrected chi connectivity index (χ4v) is 4.99. The van der Waals surface area contributed by atoms with E-state index in [0.717, 1.165) is 0 Å². The summed E-state index contributed by atoms with van der Waals surface area (Å²) in [5, 5.41) is 44.5. The number of phenols is 1. The number of carbonyl (C=O) groups is 7. The minimum absolute atomic E-state index is 0.0485. The van der Waals surface area contributed by atoms with Gasteiger partial charge in [0.25, 0.3) is 0 Å². The molecule has 292 valence electrons. The van der Waals surface area contributed by atoms with Crippen LogP contribution in [0.2, 0.25) is 0 Å². The van der Waals surface area contributed by atoms with Crippen molar-refractivity contribution in [2.24, 2.45) is 23.3 Å². The molecule has 0 aromatic heterocycles. The van der Waals surface area contributed by atoms with E-state index in [-0.39, 0.29) is 25.1 Å². The van der Waals surface area contributed by atoms with Crippen molar-refractivity contribution < 1.29 is 48.9 Å². The number of nitrogens with two attached hydrogens (primary N) is 2. The molecule has 0 saturated heterocycles. The van der Waals surface area contributed by atoms with Gasteiger partial charge in [0, 0.05) is 6.42 Å². The van der Waals surface area contributed by atoms with Crippen molar-refractivity contribution in [3.8, 4) is 5.75 Å². The van der Waals surface area contributed by atoms with Crippen LogP contribution in [0.5, 0.6) is 5.75 Å². The maximum absolute atomic E-state index is 13.5. The van der Waals surface area contributed by atoms with Gasteiger partial charge in [0.1, 0.15) is 36.0 Å². The fourth-order valence-electron chi connectivity index (χ4n) is 4.99. The van der Waals surface area contributed by atoms with Crippen molar-refractivity contribution in [2.75, 3.05) is 19.6 Å². The highest BCUT2D eigenvalue weighted by molar-refractivity contribution is 5.96. The quantitative estimate of drug-likeness (QED) is 0.0530. The zero-order valence-electron chi connectivity index (χ0n) is 30.4. The average Bonchev–Trinajstić information content (AvgIpc) is 3.09. The Bertz CT molecular complexity index is 1360. The summed E-state index contributed by atoms with van der Waals surface area (Å²) in [6, 6.07) is -0.602.